The summed E-state index contributed by atoms with van der Waals surface area (Å²) in [5, 5.41) is 11.0. The second-order valence-electron chi connectivity index (χ2n) is 4.79. The number of esters is 1. The smallest absolute Gasteiger partial charge is 0.314 e. The van der Waals surface area contributed by atoms with Crippen molar-refractivity contribution >= 4 is 29.2 Å². The second kappa shape index (κ2) is 7.36. The van der Waals surface area contributed by atoms with Crippen molar-refractivity contribution in [2.24, 2.45) is 0 Å². The first-order valence-corrected chi connectivity index (χ1v) is 7.44. The summed E-state index contributed by atoms with van der Waals surface area (Å²) < 4.78 is 4.88. The average molecular weight is 350 g/mol. The minimum absolute atomic E-state index is 0.0551. The molecule has 23 heavy (non-hydrogen) atoms. The van der Waals surface area contributed by atoms with E-state index in [0.29, 0.717) is 26.9 Å². The van der Waals surface area contributed by atoms with Crippen LogP contribution in [-0.4, -0.2) is 22.7 Å². The molecule has 0 radical (unpaired) electrons. The number of pyridine rings is 1. The Hall–Kier alpha value is -2.22. The van der Waals surface area contributed by atoms with Gasteiger partial charge in [-0.15, -0.1) is 6.42 Å². The Balaban J connectivity index is 2.31. The lowest BCUT2D eigenvalue weighted by atomic mass is 9.97. The van der Waals surface area contributed by atoms with E-state index in [-0.39, 0.29) is 12.4 Å². The number of halogens is 2. The standard InChI is InChI=1S/C17H13Cl2NO3/c1-3-6-23-17(22)10(2)13-5-4-11(7-15(13)21)16-14(19)8-12(18)9-20-16/h1,4-5,7-10,21H,6H2,2H3. The summed E-state index contributed by atoms with van der Waals surface area (Å²) in [5.41, 5.74) is 1.53. The molecule has 0 amide bonds. The lowest BCUT2D eigenvalue weighted by Gasteiger charge is -2.13. The van der Waals surface area contributed by atoms with Crippen molar-refractivity contribution in [3.8, 4) is 29.4 Å². The zero-order valence-electron chi connectivity index (χ0n) is 12.2. The molecule has 4 nitrogen and oxygen atoms in total. The maximum absolute atomic E-state index is 11.8. The van der Waals surface area contributed by atoms with E-state index >= 15 is 0 Å². The van der Waals surface area contributed by atoms with Crippen molar-refractivity contribution in [2.75, 3.05) is 6.61 Å². The number of phenolic OH excluding ortho intramolecular Hbond substituents is 1. The molecule has 2 rings (SSSR count). The number of aromatic nitrogens is 1. The highest BCUT2D eigenvalue weighted by Crippen LogP contribution is 2.34. The number of phenols is 1. The summed E-state index contributed by atoms with van der Waals surface area (Å²) >= 11 is 11.9. The summed E-state index contributed by atoms with van der Waals surface area (Å²) in [4.78, 5) is 16.0. The molecule has 0 saturated carbocycles. The van der Waals surface area contributed by atoms with Crippen LogP contribution in [0.2, 0.25) is 10.0 Å². The Morgan fingerprint density at radius 1 is 1.43 bits per heavy atom. The summed E-state index contributed by atoms with van der Waals surface area (Å²) in [7, 11) is 0. The number of ether oxygens (including phenoxy) is 1. The summed E-state index contributed by atoms with van der Waals surface area (Å²) in [6.45, 7) is 1.52. The van der Waals surface area contributed by atoms with Gasteiger partial charge in [0.15, 0.2) is 6.61 Å². The molecule has 0 bridgehead atoms. The number of hydrogen-bond acceptors (Lipinski definition) is 4. The number of terminal acetylenes is 1. The van der Waals surface area contributed by atoms with Gasteiger partial charge in [0.05, 0.1) is 21.7 Å². The van der Waals surface area contributed by atoms with Crippen molar-refractivity contribution in [3.63, 3.8) is 0 Å². The monoisotopic (exact) mass is 349 g/mol. The third-order valence-corrected chi connectivity index (χ3v) is 3.72. The first kappa shape index (κ1) is 17.1. The Morgan fingerprint density at radius 3 is 2.78 bits per heavy atom. The number of carbonyl (C=O) groups is 1. The molecule has 0 aliphatic carbocycles. The summed E-state index contributed by atoms with van der Waals surface area (Å²) in [5.74, 6) is 1.01. The number of benzene rings is 1. The first-order chi connectivity index (χ1) is 10.9. The van der Waals surface area contributed by atoms with Crippen LogP contribution in [0.4, 0.5) is 0 Å². The van der Waals surface area contributed by atoms with Crippen molar-refractivity contribution in [3.05, 3.63) is 46.1 Å². The van der Waals surface area contributed by atoms with Crippen molar-refractivity contribution in [1.82, 2.24) is 4.98 Å². The predicted molar refractivity (Wildman–Crippen MR) is 89.6 cm³/mol. The van der Waals surface area contributed by atoms with E-state index in [4.69, 9.17) is 34.4 Å². The first-order valence-electron chi connectivity index (χ1n) is 6.68. The Kier molecular flexibility index (Phi) is 5.49. The molecule has 1 N–H and O–H groups in total. The zero-order chi connectivity index (χ0) is 17.0. The van der Waals surface area contributed by atoms with Crippen LogP contribution < -0.4 is 0 Å². The normalized spacial score (nSPS) is 11.6. The highest BCUT2D eigenvalue weighted by molar-refractivity contribution is 6.36. The van der Waals surface area contributed by atoms with E-state index in [1.165, 1.54) is 12.3 Å². The maximum Gasteiger partial charge on any atom is 0.314 e. The third kappa shape index (κ3) is 3.95. The van der Waals surface area contributed by atoms with Gasteiger partial charge in [-0.3, -0.25) is 9.78 Å². The highest BCUT2D eigenvalue weighted by atomic mass is 35.5. The molecule has 1 unspecified atom stereocenters. The molecule has 1 aromatic heterocycles. The minimum atomic E-state index is -0.647. The molecule has 6 heteroatoms. The van der Waals surface area contributed by atoms with E-state index < -0.39 is 11.9 Å². The van der Waals surface area contributed by atoms with Gasteiger partial charge in [0.1, 0.15) is 5.75 Å². The van der Waals surface area contributed by atoms with Crippen LogP contribution >= 0.6 is 23.2 Å². The van der Waals surface area contributed by atoms with Gasteiger partial charge < -0.3 is 9.84 Å². The van der Waals surface area contributed by atoms with Crippen LogP contribution in [0, 0.1) is 12.3 Å². The molecule has 0 aliphatic heterocycles. The Morgan fingerprint density at radius 2 is 2.17 bits per heavy atom. The van der Waals surface area contributed by atoms with E-state index in [1.54, 1.807) is 25.1 Å². The highest BCUT2D eigenvalue weighted by Gasteiger charge is 2.20. The molecule has 1 heterocycles. The van der Waals surface area contributed by atoms with Gasteiger partial charge in [-0.1, -0.05) is 41.3 Å². The van der Waals surface area contributed by atoms with E-state index in [9.17, 15) is 9.90 Å². The molecule has 1 atom stereocenters. The topological polar surface area (TPSA) is 59.4 Å². The molecule has 2 aromatic rings. The van der Waals surface area contributed by atoms with Gasteiger partial charge in [0.2, 0.25) is 0 Å². The van der Waals surface area contributed by atoms with Crippen LogP contribution in [0.25, 0.3) is 11.3 Å². The number of rotatable bonds is 4. The van der Waals surface area contributed by atoms with Crippen LogP contribution in [-0.2, 0) is 9.53 Å². The van der Waals surface area contributed by atoms with Gasteiger partial charge in [0, 0.05) is 17.3 Å². The maximum atomic E-state index is 11.8. The third-order valence-electron chi connectivity index (χ3n) is 3.23. The van der Waals surface area contributed by atoms with Crippen molar-refractivity contribution in [1.29, 1.82) is 0 Å². The molecule has 0 saturated heterocycles. The Bertz CT molecular complexity index is 784. The molecule has 118 valence electrons. The average Bonchev–Trinajstić information content (AvgIpc) is 2.51. The number of aromatic hydroxyl groups is 1. The number of nitrogens with zero attached hydrogens (tertiary/aromatic N) is 1. The Labute approximate surface area is 144 Å². The molecule has 0 aliphatic rings. The predicted octanol–water partition coefficient (Wildman–Crippen LogP) is 4.04. The van der Waals surface area contributed by atoms with Gasteiger partial charge in [-0.25, -0.2) is 0 Å². The molecule has 0 fully saturated rings. The number of carbonyl (C=O) groups excluding carboxylic acids is 1. The second-order valence-corrected chi connectivity index (χ2v) is 5.63. The van der Waals surface area contributed by atoms with Gasteiger partial charge >= 0.3 is 5.97 Å². The molecule has 1 aromatic carbocycles. The lowest BCUT2D eigenvalue weighted by molar-refractivity contribution is -0.143. The molecular weight excluding hydrogens is 337 g/mol. The van der Waals surface area contributed by atoms with Crippen molar-refractivity contribution < 1.29 is 14.6 Å². The fourth-order valence-corrected chi connectivity index (χ4v) is 2.54. The molecular formula is C17H13Cl2NO3. The van der Waals surface area contributed by atoms with Gasteiger partial charge in [-0.05, 0) is 19.1 Å². The zero-order valence-corrected chi connectivity index (χ0v) is 13.7. The van der Waals surface area contributed by atoms with E-state index in [2.05, 4.69) is 10.9 Å². The number of hydrogen-bond donors (Lipinski definition) is 1. The van der Waals surface area contributed by atoms with E-state index in [1.807, 2.05) is 0 Å². The van der Waals surface area contributed by atoms with Gasteiger partial charge in [0.25, 0.3) is 0 Å². The van der Waals surface area contributed by atoms with Crippen LogP contribution in [0.1, 0.15) is 18.4 Å². The fourth-order valence-electron chi connectivity index (χ4n) is 2.05. The van der Waals surface area contributed by atoms with Crippen LogP contribution in [0.5, 0.6) is 5.75 Å². The minimum Gasteiger partial charge on any atom is -0.508 e. The van der Waals surface area contributed by atoms with E-state index in [0.717, 1.165) is 0 Å². The van der Waals surface area contributed by atoms with Crippen LogP contribution in [0.3, 0.4) is 0 Å². The summed E-state index contributed by atoms with van der Waals surface area (Å²) in [6, 6.07) is 6.39. The van der Waals surface area contributed by atoms with Gasteiger partial charge in [-0.2, -0.15) is 0 Å². The van der Waals surface area contributed by atoms with Crippen LogP contribution in [0.15, 0.2) is 30.5 Å². The SMILES string of the molecule is C#CCOC(=O)C(C)c1ccc(-c2ncc(Cl)cc2Cl)cc1O. The fraction of sp³-hybridized carbons (Fsp3) is 0.176. The summed E-state index contributed by atoms with van der Waals surface area (Å²) in [6.07, 6.45) is 6.51. The largest absolute Gasteiger partial charge is 0.508 e. The van der Waals surface area contributed by atoms with Crippen molar-refractivity contribution in [2.45, 2.75) is 12.8 Å². The lowest BCUT2D eigenvalue weighted by Crippen LogP contribution is -2.13. The molecule has 0 spiro atoms. The quantitative estimate of drug-likeness (QED) is 0.668.